The van der Waals surface area contributed by atoms with Gasteiger partial charge in [0.15, 0.2) is 5.96 Å². The van der Waals surface area contributed by atoms with E-state index in [2.05, 4.69) is 109 Å². The first-order valence-electron chi connectivity index (χ1n) is 30.0. The van der Waals surface area contributed by atoms with E-state index in [-0.39, 0.29) is 102 Å². The number of hydrogen-bond donors (Lipinski definition) is 6. The number of guanidine groups is 1. The molecule has 10 aliphatic rings. The third kappa shape index (κ3) is 10.8. The fourth-order valence-corrected chi connectivity index (χ4v) is 18.2. The van der Waals surface area contributed by atoms with Gasteiger partial charge >= 0.3 is 29.6 Å². The van der Waals surface area contributed by atoms with Crippen molar-refractivity contribution in [2.75, 3.05) is 13.2 Å². The molecule has 0 radical (unpaired) electrons. The normalized spacial score (nSPS) is 33.7. The molecule has 2 saturated carbocycles. The van der Waals surface area contributed by atoms with E-state index >= 15 is 0 Å². The standard InChI is InChI=1S/C68H78N4O8S.Na/c1-40-10-11-47-33-55-22-24-57(47)59(40)36-63(81(76,77)78)60-35-50-31-49(34-56-28-42(39-73)8-5-9-46-32-54(74)21-23-58(46)65(50)79-56)64(60)44-14-18-53(19-15-44)68(80-55,72-66(69)70)61-25-20-52-17-16-48(45-13-12-43-26-27-71-38-51(43)30-45)37-67(52,75)62(61)29-41-6-3-2-4-7-41;/h2-4,6-7,12-15,18-19,21-24,30,32-33,35,40,42,48-49,52,56,59-65,71,73-75H,8,10-11,16-17,20,25-29,31,34,36-39H2,1H3,(H4,69,70,72)(H,76,77,78);/q;+1/p-1/t40-,42+,48-,49-,52-,56-,59+,60-,61+,62-,63-,64+,65-,67+,68-;/m1./s1. The monoisotopic (exact) mass is 1130 g/mol. The molecule has 14 heteroatoms. The molecule has 0 amide bonds. The van der Waals surface area contributed by atoms with Crippen LogP contribution < -0.4 is 51.1 Å². The van der Waals surface area contributed by atoms with Crippen LogP contribution in [0.2, 0.25) is 0 Å². The Balaban J connectivity index is 0.00000665. The topological polar surface area (TPSA) is 213 Å². The molecule has 0 spiro atoms. The SMILES string of the molecule is C[C@@H]1CCc2cc3ccc2[C@H]1C[C@@H](S(=O)(=O)[O-])[C@H]1C=C2C[C@H](C[C@H]4C[C@@H](CO)CC#Cc5cc(O)ccc5[C@@H]2O4)[C@@H]1c1ccc(cc1)[C@](N=C(N)N)([C@H]1CC[C@H]2CC[C@@H](c4ccc5c(c4)CNCC5)C[C@@]2(O)[C@@H]1Cc1ccccc1)O3.[Na+]. The van der Waals surface area contributed by atoms with Gasteiger partial charge in [0.1, 0.15) is 17.6 Å². The van der Waals surface area contributed by atoms with Crippen LogP contribution in [0.3, 0.4) is 0 Å². The van der Waals surface area contributed by atoms with E-state index in [0.29, 0.717) is 61.8 Å². The summed E-state index contributed by atoms with van der Waals surface area (Å²) in [6.45, 7) is 3.91. The molecule has 6 heterocycles. The Morgan fingerprint density at radius 1 is 0.866 bits per heavy atom. The van der Waals surface area contributed by atoms with Gasteiger partial charge in [0.2, 0.25) is 5.72 Å². The van der Waals surface area contributed by atoms with Crippen molar-refractivity contribution in [1.29, 1.82) is 0 Å². The minimum atomic E-state index is -4.95. The van der Waals surface area contributed by atoms with E-state index in [0.717, 1.165) is 85.0 Å². The summed E-state index contributed by atoms with van der Waals surface area (Å²) in [5, 5.41) is 37.8. The average Bonchev–Trinajstić information content (AvgIpc) is 1.84. The number of aromatic hydroxyl groups is 1. The van der Waals surface area contributed by atoms with Crippen LogP contribution in [0.5, 0.6) is 11.5 Å². The van der Waals surface area contributed by atoms with Crippen molar-refractivity contribution < 1.29 is 67.3 Å². The molecule has 82 heavy (non-hydrogen) atoms. The van der Waals surface area contributed by atoms with Crippen LogP contribution in [0.15, 0.2) is 126 Å². The van der Waals surface area contributed by atoms with Crippen LogP contribution in [-0.2, 0) is 46.4 Å². The molecular weight excluding hydrogens is 1060 g/mol. The van der Waals surface area contributed by atoms with Crippen molar-refractivity contribution in [3.8, 4) is 23.3 Å². The second-order valence-electron chi connectivity index (χ2n) is 25.6. The maximum absolute atomic E-state index is 14.4. The summed E-state index contributed by atoms with van der Waals surface area (Å²) in [6, 6.07) is 37.0. The van der Waals surface area contributed by atoms with Gasteiger partial charge in [-0.3, -0.25) is 0 Å². The number of aliphatic imine (C=N–C) groups is 1. The molecule has 15 atom stereocenters. The number of nitrogens with one attached hydrogen (secondary N) is 1. The third-order valence-corrected chi connectivity index (χ3v) is 22.2. The summed E-state index contributed by atoms with van der Waals surface area (Å²) in [4.78, 5) is 5.35. The van der Waals surface area contributed by atoms with Gasteiger partial charge in [0.05, 0.1) is 27.1 Å². The van der Waals surface area contributed by atoms with Gasteiger partial charge in [-0.2, -0.15) is 0 Å². The Morgan fingerprint density at radius 3 is 2.45 bits per heavy atom. The predicted octanol–water partition coefficient (Wildman–Crippen LogP) is 7.04. The van der Waals surface area contributed by atoms with Gasteiger partial charge in [-0.15, -0.1) is 0 Å². The predicted molar refractivity (Wildman–Crippen MR) is 312 cm³/mol. The minimum Gasteiger partial charge on any atom is -0.748 e. The molecule has 0 aromatic heterocycles. The van der Waals surface area contributed by atoms with E-state index in [1.165, 1.54) is 16.7 Å². The summed E-state index contributed by atoms with van der Waals surface area (Å²) < 4.78 is 58.1. The smallest absolute Gasteiger partial charge is 0.748 e. The zero-order valence-electron chi connectivity index (χ0n) is 47.4. The first-order valence-corrected chi connectivity index (χ1v) is 31.5. The van der Waals surface area contributed by atoms with E-state index in [1.807, 2.05) is 18.2 Å². The first-order chi connectivity index (χ1) is 39.1. The Labute approximate surface area is 506 Å². The number of nitrogens with zero attached hydrogens (tertiary/aromatic N) is 1. The van der Waals surface area contributed by atoms with E-state index in [9.17, 15) is 28.3 Å². The Kier molecular flexibility index (Phi) is 16.2. The van der Waals surface area contributed by atoms with Gasteiger partial charge in [-0.25, -0.2) is 13.4 Å². The number of hydrogen-bond acceptors (Lipinski definition) is 10. The largest absolute Gasteiger partial charge is 1.00 e. The number of ether oxygens (including phenoxy) is 2. The molecule has 5 aromatic carbocycles. The maximum Gasteiger partial charge on any atom is 1.00 e. The van der Waals surface area contributed by atoms with Crippen molar-refractivity contribution in [2.24, 2.45) is 57.9 Å². The first kappa shape index (κ1) is 57.5. The number of aliphatic hydroxyl groups is 2. The Morgan fingerprint density at radius 2 is 1.66 bits per heavy atom. The van der Waals surface area contributed by atoms with E-state index < -0.39 is 50.6 Å². The number of aryl methyl sites for hydroxylation is 1. The molecule has 0 unspecified atom stereocenters. The summed E-state index contributed by atoms with van der Waals surface area (Å²) >= 11 is 0. The van der Waals surface area contributed by atoms with Crippen LogP contribution >= 0.6 is 0 Å². The number of aliphatic hydroxyl groups excluding tert-OH is 1. The average molecular weight is 1130 g/mol. The van der Waals surface area contributed by atoms with Gasteiger partial charge < -0.3 is 46.1 Å². The molecule has 5 aromatic rings. The van der Waals surface area contributed by atoms with Crippen LogP contribution in [0, 0.1) is 53.3 Å². The summed E-state index contributed by atoms with van der Waals surface area (Å²) in [6.07, 6.45) is 10.3. The summed E-state index contributed by atoms with van der Waals surface area (Å²) in [5.41, 5.74) is 21.8. The third-order valence-electron chi connectivity index (χ3n) is 21.0. The molecule has 4 aliphatic carbocycles. The zero-order valence-corrected chi connectivity index (χ0v) is 50.2. The van der Waals surface area contributed by atoms with Crippen LogP contribution in [0.4, 0.5) is 0 Å². The van der Waals surface area contributed by atoms with Crippen molar-refractivity contribution in [2.45, 2.75) is 150 Å². The maximum atomic E-state index is 14.4. The molecule has 3 fully saturated rings. The van der Waals surface area contributed by atoms with Crippen LogP contribution in [0.1, 0.15) is 157 Å². The second-order valence-corrected chi connectivity index (χ2v) is 27.1. The van der Waals surface area contributed by atoms with Gasteiger partial charge in [0.25, 0.3) is 0 Å². The number of phenolic OH excluding ortho intramolecular Hbond substituents is 1. The van der Waals surface area contributed by atoms with Crippen molar-refractivity contribution >= 4 is 16.1 Å². The van der Waals surface area contributed by atoms with Crippen LogP contribution in [0.25, 0.3) is 0 Å². The fraction of sp³-hybridized carbons (Fsp3) is 0.485. The van der Waals surface area contributed by atoms with Gasteiger partial charge in [-0.1, -0.05) is 110 Å². The Hall–Kier alpha value is -4.98. The number of benzene rings is 5. The van der Waals surface area contributed by atoms with Crippen molar-refractivity contribution in [3.63, 3.8) is 0 Å². The number of fused-ring (bicyclic) bond motifs is 11. The Bertz CT molecular complexity index is 3430. The quantitative estimate of drug-likeness (QED) is 0.0243. The minimum absolute atomic E-state index is 0. The summed E-state index contributed by atoms with van der Waals surface area (Å²) in [7, 11) is -4.95. The molecule has 15 rings (SSSR count). The molecular formula is C68H77N4NaO8S. The van der Waals surface area contributed by atoms with E-state index in [4.69, 9.17) is 25.9 Å². The molecule has 1 saturated heterocycles. The zero-order chi connectivity index (χ0) is 55.8. The number of allylic oxidation sites excluding steroid dienone is 1. The molecule has 6 aliphatic heterocycles. The van der Waals surface area contributed by atoms with E-state index in [1.54, 1.807) is 12.1 Å². The fourth-order valence-electron chi connectivity index (χ4n) is 17.1. The second kappa shape index (κ2) is 23.1. The number of rotatable bonds is 7. The number of phenols is 1. The molecule has 10 bridgehead atoms. The van der Waals surface area contributed by atoms with Gasteiger partial charge in [0, 0.05) is 48.1 Å². The van der Waals surface area contributed by atoms with Crippen LogP contribution in [-0.4, -0.2) is 64.4 Å². The molecule has 424 valence electrons. The van der Waals surface area contributed by atoms with Gasteiger partial charge in [-0.05, 0) is 206 Å². The molecule has 8 N–H and O–H groups in total. The van der Waals surface area contributed by atoms with Crippen molar-refractivity contribution in [1.82, 2.24) is 5.32 Å². The van der Waals surface area contributed by atoms with Crippen molar-refractivity contribution in [3.05, 3.63) is 176 Å². The number of nitrogens with two attached hydrogens (primary N) is 2. The summed E-state index contributed by atoms with van der Waals surface area (Å²) in [5.74, 6) is 4.75. The molecule has 12 nitrogen and oxygen atoms in total.